The van der Waals surface area contributed by atoms with Gasteiger partial charge in [0, 0.05) is 18.8 Å². The van der Waals surface area contributed by atoms with Gasteiger partial charge < -0.3 is 15.0 Å². The van der Waals surface area contributed by atoms with Crippen LogP contribution in [-0.4, -0.2) is 29.3 Å². The van der Waals surface area contributed by atoms with Gasteiger partial charge in [0.15, 0.2) is 0 Å². The second-order valence-corrected chi connectivity index (χ2v) is 5.17. The normalized spacial score (nSPS) is 18.8. The number of aromatic amines is 1. The summed E-state index contributed by atoms with van der Waals surface area (Å²) in [5, 5.41) is 19.1. The third kappa shape index (κ3) is 2.40. The van der Waals surface area contributed by atoms with Crippen LogP contribution in [0, 0.1) is 11.3 Å². The third-order valence-corrected chi connectivity index (χ3v) is 3.71. The zero-order valence-corrected chi connectivity index (χ0v) is 11.2. The highest BCUT2D eigenvalue weighted by Gasteiger charge is 2.22. The Kier molecular flexibility index (Phi) is 3.44. The number of aliphatic hydroxyl groups is 1. The predicted octanol–water partition coefficient (Wildman–Crippen LogP) is 2.51. The molecular weight excluding hydrogens is 250 g/mol. The van der Waals surface area contributed by atoms with Gasteiger partial charge >= 0.3 is 0 Å². The zero-order chi connectivity index (χ0) is 13.9. The van der Waals surface area contributed by atoms with E-state index in [1.165, 1.54) is 0 Å². The molecule has 1 aliphatic rings. The summed E-state index contributed by atoms with van der Waals surface area (Å²) >= 11 is 0. The first-order chi connectivity index (χ1) is 9.78. The van der Waals surface area contributed by atoms with E-state index < -0.39 is 0 Å². The Balaban J connectivity index is 1.95. The first-order valence-electron chi connectivity index (χ1n) is 6.89. The van der Waals surface area contributed by atoms with Gasteiger partial charge in [-0.15, -0.1) is 0 Å². The number of aliphatic hydroxyl groups excluding tert-OH is 1. The fraction of sp³-hybridized carbons (Fsp3) is 0.312. The second kappa shape index (κ2) is 5.40. The molecule has 1 unspecified atom stereocenters. The lowest BCUT2D eigenvalue weighted by Gasteiger charge is -2.31. The van der Waals surface area contributed by atoms with Gasteiger partial charge in [-0.1, -0.05) is 30.3 Å². The van der Waals surface area contributed by atoms with Crippen molar-refractivity contribution in [2.75, 3.05) is 18.0 Å². The molecule has 1 saturated heterocycles. The number of β-amino-alcohol motifs (C(OH)–C–C–N with tert-alkyl or cyclic N) is 1. The maximum absolute atomic E-state index is 9.79. The van der Waals surface area contributed by atoms with Gasteiger partial charge in [0.2, 0.25) is 0 Å². The zero-order valence-electron chi connectivity index (χ0n) is 11.2. The van der Waals surface area contributed by atoms with E-state index in [0.717, 1.165) is 36.5 Å². The molecule has 20 heavy (non-hydrogen) atoms. The van der Waals surface area contributed by atoms with Gasteiger partial charge in [-0.25, -0.2) is 0 Å². The molecule has 1 aromatic carbocycles. The number of H-pyrrole nitrogens is 1. The summed E-state index contributed by atoms with van der Waals surface area (Å²) in [5.74, 6) is 0.824. The van der Waals surface area contributed by atoms with E-state index in [1.54, 1.807) is 0 Å². The Bertz CT molecular complexity index is 627. The van der Waals surface area contributed by atoms with E-state index in [0.29, 0.717) is 12.1 Å². The summed E-state index contributed by atoms with van der Waals surface area (Å²) in [5.41, 5.74) is 2.64. The lowest BCUT2D eigenvalue weighted by molar-refractivity contribution is 0.154. The second-order valence-electron chi connectivity index (χ2n) is 5.17. The first-order valence-corrected chi connectivity index (χ1v) is 6.89. The lowest BCUT2D eigenvalue weighted by Crippen LogP contribution is -2.38. The fourth-order valence-electron chi connectivity index (χ4n) is 2.71. The van der Waals surface area contributed by atoms with E-state index in [9.17, 15) is 10.4 Å². The van der Waals surface area contributed by atoms with Crippen LogP contribution in [0.4, 0.5) is 5.82 Å². The molecule has 3 rings (SSSR count). The van der Waals surface area contributed by atoms with Crippen LogP contribution in [-0.2, 0) is 0 Å². The number of nitrogens with zero attached hydrogens (tertiary/aromatic N) is 2. The van der Waals surface area contributed by atoms with Crippen molar-refractivity contribution < 1.29 is 5.11 Å². The molecule has 0 saturated carbocycles. The number of nitriles is 1. The number of piperidine rings is 1. The Labute approximate surface area is 118 Å². The highest BCUT2D eigenvalue weighted by atomic mass is 16.3. The van der Waals surface area contributed by atoms with Gasteiger partial charge in [-0.2, -0.15) is 5.26 Å². The van der Waals surface area contributed by atoms with Crippen molar-refractivity contribution in [3.63, 3.8) is 0 Å². The summed E-state index contributed by atoms with van der Waals surface area (Å²) in [7, 11) is 0. The summed E-state index contributed by atoms with van der Waals surface area (Å²) in [6, 6.07) is 14.1. The van der Waals surface area contributed by atoms with Crippen molar-refractivity contribution in [1.82, 2.24) is 4.98 Å². The quantitative estimate of drug-likeness (QED) is 0.878. The molecule has 0 bridgehead atoms. The van der Waals surface area contributed by atoms with E-state index in [1.807, 2.05) is 36.4 Å². The van der Waals surface area contributed by atoms with Crippen LogP contribution in [0.5, 0.6) is 0 Å². The average Bonchev–Trinajstić information content (AvgIpc) is 2.92. The van der Waals surface area contributed by atoms with Crippen LogP contribution in [0.25, 0.3) is 11.3 Å². The average molecular weight is 267 g/mol. The molecule has 2 aromatic rings. The maximum Gasteiger partial charge on any atom is 0.124 e. The fourth-order valence-corrected chi connectivity index (χ4v) is 2.71. The molecule has 4 heteroatoms. The van der Waals surface area contributed by atoms with Crippen LogP contribution >= 0.6 is 0 Å². The molecule has 2 heterocycles. The molecule has 0 amide bonds. The van der Waals surface area contributed by atoms with Crippen LogP contribution in [0.2, 0.25) is 0 Å². The molecule has 0 spiro atoms. The van der Waals surface area contributed by atoms with E-state index >= 15 is 0 Å². The predicted molar refractivity (Wildman–Crippen MR) is 78.4 cm³/mol. The van der Waals surface area contributed by atoms with E-state index in [2.05, 4.69) is 16.0 Å². The van der Waals surface area contributed by atoms with Crippen molar-refractivity contribution in [1.29, 1.82) is 5.26 Å². The molecule has 1 aliphatic heterocycles. The summed E-state index contributed by atoms with van der Waals surface area (Å²) in [4.78, 5) is 5.40. The Hall–Kier alpha value is -2.25. The SMILES string of the molecule is N#Cc1cc(-c2ccccc2)[nH]c1N1CCCC(O)C1. The van der Waals surface area contributed by atoms with E-state index in [-0.39, 0.29) is 6.10 Å². The number of benzene rings is 1. The molecule has 2 N–H and O–H groups in total. The maximum atomic E-state index is 9.79. The van der Waals surface area contributed by atoms with Crippen LogP contribution in [0.15, 0.2) is 36.4 Å². The number of hydrogen-bond acceptors (Lipinski definition) is 3. The Morgan fingerprint density at radius 2 is 2.10 bits per heavy atom. The van der Waals surface area contributed by atoms with Crippen molar-refractivity contribution in [2.45, 2.75) is 18.9 Å². The Morgan fingerprint density at radius 1 is 1.30 bits per heavy atom. The van der Waals surface area contributed by atoms with Gasteiger partial charge in [-0.05, 0) is 24.5 Å². The van der Waals surface area contributed by atoms with Gasteiger partial charge in [0.1, 0.15) is 11.9 Å². The highest BCUT2D eigenvalue weighted by Crippen LogP contribution is 2.28. The standard InChI is InChI=1S/C16H17N3O/c17-10-13-9-15(12-5-2-1-3-6-12)18-16(13)19-8-4-7-14(20)11-19/h1-3,5-6,9,14,18,20H,4,7-8,11H2. The van der Waals surface area contributed by atoms with Crippen LogP contribution in [0.1, 0.15) is 18.4 Å². The first kappa shape index (κ1) is 12.8. The molecule has 4 nitrogen and oxygen atoms in total. The minimum absolute atomic E-state index is 0.307. The van der Waals surface area contributed by atoms with Crippen LogP contribution in [0.3, 0.4) is 0 Å². The lowest BCUT2D eigenvalue weighted by atomic mass is 10.1. The molecule has 1 atom stereocenters. The van der Waals surface area contributed by atoms with Crippen LogP contribution < -0.4 is 4.90 Å². The van der Waals surface area contributed by atoms with Crippen molar-refractivity contribution >= 4 is 5.82 Å². The van der Waals surface area contributed by atoms with Gasteiger partial charge in [0.05, 0.1) is 11.7 Å². The van der Waals surface area contributed by atoms with E-state index in [4.69, 9.17) is 0 Å². The number of anilines is 1. The van der Waals surface area contributed by atoms with Gasteiger partial charge in [0.25, 0.3) is 0 Å². The number of nitrogens with one attached hydrogen (secondary N) is 1. The molecule has 0 aliphatic carbocycles. The molecular formula is C16H17N3O. The third-order valence-electron chi connectivity index (χ3n) is 3.71. The van der Waals surface area contributed by atoms with Gasteiger partial charge in [-0.3, -0.25) is 0 Å². The molecule has 102 valence electrons. The minimum Gasteiger partial charge on any atom is -0.391 e. The monoisotopic (exact) mass is 267 g/mol. The minimum atomic E-state index is -0.307. The highest BCUT2D eigenvalue weighted by molar-refractivity contribution is 5.69. The smallest absolute Gasteiger partial charge is 0.124 e. The van der Waals surface area contributed by atoms with Crippen molar-refractivity contribution in [3.05, 3.63) is 42.0 Å². The number of aromatic nitrogens is 1. The van der Waals surface area contributed by atoms with Crippen molar-refractivity contribution in [3.8, 4) is 17.3 Å². The number of hydrogen-bond donors (Lipinski definition) is 2. The molecule has 1 fully saturated rings. The topological polar surface area (TPSA) is 63.0 Å². The molecule has 0 radical (unpaired) electrons. The van der Waals surface area contributed by atoms with Crippen molar-refractivity contribution in [2.24, 2.45) is 0 Å². The molecule has 1 aromatic heterocycles. The Morgan fingerprint density at radius 3 is 2.80 bits per heavy atom. The summed E-state index contributed by atoms with van der Waals surface area (Å²) in [6.07, 6.45) is 1.48. The summed E-state index contributed by atoms with van der Waals surface area (Å²) < 4.78 is 0. The largest absolute Gasteiger partial charge is 0.391 e. The summed E-state index contributed by atoms with van der Waals surface area (Å²) in [6.45, 7) is 1.46. The number of rotatable bonds is 2.